The molecule has 0 aliphatic rings. The summed E-state index contributed by atoms with van der Waals surface area (Å²) in [5.41, 5.74) is 0. The first-order chi connectivity index (χ1) is 20.9. The number of rotatable bonds is 30. The predicted molar refractivity (Wildman–Crippen MR) is 194 cm³/mol. The Bertz CT molecular complexity index is 505. The number of carboxylic acids is 2. The number of hydrogen-bond acceptors (Lipinski definition) is 6. The van der Waals surface area contributed by atoms with Crippen LogP contribution in [-0.4, -0.2) is 44.6 Å². The van der Waals surface area contributed by atoms with Gasteiger partial charge in [0.2, 0.25) is 0 Å². The molecular formula is C36H72O4S2Sn. The third-order valence-corrected chi connectivity index (χ3v) is 12.4. The van der Waals surface area contributed by atoms with Gasteiger partial charge >= 0.3 is 69.5 Å². The van der Waals surface area contributed by atoms with Gasteiger partial charge in [-0.05, 0) is 49.0 Å². The fraction of sp³-hybridized carbons (Fsp3) is 0.944. The van der Waals surface area contributed by atoms with Crippen LogP contribution < -0.4 is 10.2 Å². The van der Waals surface area contributed by atoms with Gasteiger partial charge in [0.05, 0.1) is 0 Å². The zero-order valence-electron chi connectivity index (χ0n) is 29.0. The Kier molecular flexibility index (Phi) is 47.2. The first kappa shape index (κ1) is 47.8. The Morgan fingerprint density at radius 2 is 0.744 bits per heavy atom. The van der Waals surface area contributed by atoms with E-state index in [0.717, 1.165) is 38.5 Å². The summed E-state index contributed by atoms with van der Waals surface area (Å²) in [5, 5.41) is 21.6. The average molecular weight is 752 g/mol. The van der Waals surface area contributed by atoms with Crippen molar-refractivity contribution in [2.45, 2.75) is 191 Å². The van der Waals surface area contributed by atoms with E-state index in [1.165, 1.54) is 103 Å². The molecule has 0 spiro atoms. The molecule has 2 atom stereocenters. The zero-order chi connectivity index (χ0) is 32.8. The summed E-state index contributed by atoms with van der Waals surface area (Å²) in [5.74, 6) is -1.10. The van der Waals surface area contributed by atoms with Gasteiger partial charge in [-0.1, -0.05) is 117 Å². The van der Waals surface area contributed by atoms with Crippen molar-refractivity contribution in [2.24, 2.45) is 11.8 Å². The molecule has 0 bridgehead atoms. The van der Waals surface area contributed by atoms with Crippen LogP contribution in [0.1, 0.15) is 182 Å². The van der Waals surface area contributed by atoms with Gasteiger partial charge in [0.15, 0.2) is 0 Å². The first-order valence-electron chi connectivity index (χ1n) is 18.2. The van der Waals surface area contributed by atoms with E-state index in [1.54, 1.807) is 8.87 Å². The number of carboxylic acid groups (broad SMARTS) is 2. The molecule has 0 fully saturated rings. The molecule has 0 aromatic rings. The van der Waals surface area contributed by atoms with Crippen molar-refractivity contribution in [3.05, 3.63) is 0 Å². The van der Waals surface area contributed by atoms with Gasteiger partial charge in [-0.15, -0.1) is 0 Å². The topological polar surface area (TPSA) is 80.3 Å². The van der Waals surface area contributed by atoms with Gasteiger partial charge in [-0.3, -0.25) is 0 Å². The van der Waals surface area contributed by atoms with Crippen molar-refractivity contribution in [3.63, 3.8) is 0 Å². The van der Waals surface area contributed by atoms with Crippen molar-refractivity contribution in [1.29, 1.82) is 0 Å². The maximum atomic E-state index is 10.8. The molecule has 0 aliphatic heterocycles. The van der Waals surface area contributed by atoms with E-state index in [0.29, 0.717) is 24.3 Å². The van der Waals surface area contributed by atoms with Crippen molar-refractivity contribution >= 4 is 58.3 Å². The summed E-state index contributed by atoms with van der Waals surface area (Å²) in [7, 11) is 0. The molecule has 2 unspecified atom stereocenters. The van der Waals surface area contributed by atoms with Gasteiger partial charge in [-0.2, -0.15) is 25.3 Å². The van der Waals surface area contributed by atoms with E-state index in [-0.39, 0.29) is 33.0 Å². The average Bonchev–Trinajstić information content (AvgIpc) is 2.99. The van der Waals surface area contributed by atoms with E-state index in [9.17, 15) is 19.8 Å². The second-order valence-electron chi connectivity index (χ2n) is 12.0. The first-order valence-corrected chi connectivity index (χ1v) is 23.5. The third kappa shape index (κ3) is 42.4. The molecule has 0 N–H and O–H groups in total. The Balaban J connectivity index is -0.000000586. The summed E-state index contributed by atoms with van der Waals surface area (Å²) >= 11 is 8.30. The third-order valence-electron chi connectivity index (χ3n) is 7.85. The van der Waals surface area contributed by atoms with Crippen LogP contribution in [0, 0.1) is 11.8 Å². The number of thiol groups is 2. The molecule has 43 heavy (non-hydrogen) atoms. The van der Waals surface area contributed by atoms with E-state index >= 15 is 0 Å². The second kappa shape index (κ2) is 42.4. The molecule has 0 aromatic heterocycles. The van der Waals surface area contributed by atoms with Crippen molar-refractivity contribution in [1.82, 2.24) is 0 Å². The molecule has 0 heterocycles. The summed E-state index contributed by atoms with van der Waals surface area (Å²) in [6.07, 6.45) is 28.7. The second-order valence-corrected chi connectivity index (χ2v) is 17.2. The Morgan fingerprint density at radius 1 is 0.465 bits per heavy atom. The van der Waals surface area contributed by atoms with Crippen LogP contribution in [0.15, 0.2) is 0 Å². The summed E-state index contributed by atoms with van der Waals surface area (Å²) in [6, 6.07) is 0. The van der Waals surface area contributed by atoms with Gasteiger partial charge in [0.25, 0.3) is 0 Å². The van der Waals surface area contributed by atoms with Gasteiger partial charge in [0.1, 0.15) is 0 Å². The standard InChI is InChI=1S/2C14H28O2S.2C4H9.Sn/c2*1-2-3-4-5-6-7-8-9-10-13(11-12-17)14(15)16;2*1-3-4-2;/h2*13,17H,2-12H2,1H3,(H,15,16);2*1,3-4H2,2H3;/q;;;;+2/p-2. The number of carbonyl (C=O) groups excluding carboxylic acids is 2. The monoisotopic (exact) mass is 752 g/mol. The molecule has 7 heteroatoms. The van der Waals surface area contributed by atoms with Crippen LogP contribution in [0.3, 0.4) is 0 Å². The minimum absolute atomic E-state index is 0.149. The van der Waals surface area contributed by atoms with E-state index in [1.807, 2.05) is 0 Å². The molecule has 0 radical (unpaired) electrons. The van der Waals surface area contributed by atoms with Gasteiger partial charge in [-0.25, -0.2) is 0 Å². The van der Waals surface area contributed by atoms with Crippen LogP contribution in [0.2, 0.25) is 8.87 Å². The number of carbonyl (C=O) groups is 2. The Morgan fingerprint density at radius 3 is 1.00 bits per heavy atom. The summed E-state index contributed by atoms with van der Waals surface area (Å²) in [4.78, 5) is 21.6. The van der Waals surface area contributed by atoms with Crippen LogP contribution >= 0.6 is 25.3 Å². The van der Waals surface area contributed by atoms with Crippen molar-refractivity contribution < 1.29 is 19.8 Å². The predicted octanol–water partition coefficient (Wildman–Crippen LogP) is 9.53. The van der Waals surface area contributed by atoms with Crippen LogP contribution in [0.5, 0.6) is 0 Å². The molecular weight excluding hydrogens is 679 g/mol. The fourth-order valence-electron chi connectivity index (χ4n) is 4.85. The quantitative estimate of drug-likeness (QED) is 0.0436. The molecule has 0 saturated heterocycles. The number of hydrogen-bond donors (Lipinski definition) is 2. The molecule has 0 saturated carbocycles. The summed E-state index contributed by atoms with van der Waals surface area (Å²) < 4.78 is 3.25. The van der Waals surface area contributed by atoms with E-state index in [2.05, 4.69) is 53.0 Å². The summed E-state index contributed by atoms with van der Waals surface area (Å²) in [6.45, 7) is 9.03. The van der Waals surface area contributed by atoms with Crippen LogP contribution in [-0.2, 0) is 9.59 Å². The number of unbranched alkanes of at least 4 members (excludes halogenated alkanes) is 16. The van der Waals surface area contributed by atoms with Crippen LogP contribution in [0.4, 0.5) is 0 Å². The normalized spacial score (nSPS) is 11.9. The molecule has 0 aliphatic carbocycles. The molecule has 0 amide bonds. The zero-order valence-corrected chi connectivity index (χ0v) is 33.6. The molecule has 256 valence electrons. The van der Waals surface area contributed by atoms with Crippen molar-refractivity contribution in [2.75, 3.05) is 11.5 Å². The maximum absolute atomic E-state index is 10.8. The molecule has 0 rings (SSSR count). The number of aliphatic carboxylic acids is 2. The fourth-order valence-corrected chi connectivity index (χ4v) is 9.63. The van der Waals surface area contributed by atoms with Crippen LogP contribution in [0.25, 0.3) is 0 Å². The van der Waals surface area contributed by atoms with Gasteiger partial charge in [0, 0.05) is 11.9 Å². The van der Waals surface area contributed by atoms with Crippen molar-refractivity contribution in [3.8, 4) is 0 Å². The Hall–Kier alpha value is 0.439. The minimum atomic E-state index is -0.901. The SMILES string of the molecule is CCCCCCCCCCC(CCS)C(=O)[O-].CCCCCCCCCCC(CCS)C(=O)[O-].CCC[CH2][Sn+2][CH2]CCC. The van der Waals surface area contributed by atoms with E-state index in [4.69, 9.17) is 0 Å². The Labute approximate surface area is 290 Å². The molecule has 0 aromatic carbocycles. The van der Waals surface area contributed by atoms with Gasteiger partial charge < -0.3 is 19.8 Å². The molecule has 4 nitrogen and oxygen atoms in total. The van der Waals surface area contributed by atoms with E-state index < -0.39 is 11.9 Å².